The Bertz CT molecular complexity index is 499. The summed E-state index contributed by atoms with van der Waals surface area (Å²) in [6.45, 7) is -0.147. The summed E-state index contributed by atoms with van der Waals surface area (Å²) in [7, 11) is 1.56. The average molecular weight is 314 g/mol. The van der Waals surface area contributed by atoms with Gasteiger partial charge >= 0.3 is 5.97 Å². The van der Waals surface area contributed by atoms with Crippen molar-refractivity contribution in [2.24, 2.45) is 5.41 Å². The summed E-state index contributed by atoms with van der Waals surface area (Å²) in [4.78, 5) is 24.9. The van der Waals surface area contributed by atoms with E-state index in [1.165, 1.54) is 4.90 Å². The predicted octanol–water partition coefficient (Wildman–Crippen LogP) is 1.51. The van der Waals surface area contributed by atoms with E-state index in [0.29, 0.717) is 5.69 Å². The summed E-state index contributed by atoms with van der Waals surface area (Å²) in [6, 6.07) is 7.15. The summed E-state index contributed by atoms with van der Waals surface area (Å²) in [5.74, 6) is -1.61. The summed E-state index contributed by atoms with van der Waals surface area (Å²) in [6.07, 6.45) is 0. The van der Waals surface area contributed by atoms with Gasteiger partial charge in [-0.25, -0.2) is 0 Å². The predicted molar refractivity (Wildman–Crippen MR) is 68.4 cm³/mol. The Morgan fingerprint density at radius 2 is 2.00 bits per heavy atom. The third-order valence-electron chi connectivity index (χ3n) is 3.03. The monoisotopic (exact) mass is 313 g/mol. The van der Waals surface area contributed by atoms with Crippen LogP contribution in [0.15, 0.2) is 28.7 Å². The van der Waals surface area contributed by atoms with Gasteiger partial charge in [-0.05, 0) is 28.1 Å². The summed E-state index contributed by atoms with van der Waals surface area (Å²) in [5, 5.41) is 9.18. The fraction of sp³-hybridized carbons (Fsp3) is 0.333. The van der Waals surface area contributed by atoms with Gasteiger partial charge in [0.05, 0.1) is 18.9 Å². The molecule has 1 aliphatic rings. The van der Waals surface area contributed by atoms with E-state index in [-0.39, 0.29) is 13.2 Å². The number of benzene rings is 1. The average Bonchev–Trinajstić information content (AvgIpc) is 2.26. The lowest BCUT2D eigenvalue weighted by Gasteiger charge is -2.38. The van der Waals surface area contributed by atoms with Crippen LogP contribution in [0.1, 0.15) is 0 Å². The van der Waals surface area contributed by atoms with Crippen molar-refractivity contribution in [1.82, 2.24) is 0 Å². The molecule has 0 radical (unpaired) electrons. The minimum Gasteiger partial charge on any atom is -0.480 e. The van der Waals surface area contributed by atoms with Crippen molar-refractivity contribution in [3.05, 3.63) is 28.7 Å². The van der Waals surface area contributed by atoms with Crippen LogP contribution < -0.4 is 4.90 Å². The van der Waals surface area contributed by atoms with Crippen LogP contribution in [-0.4, -0.2) is 37.2 Å². The second-order valence-electron chi connectivity index (χ2n) is 4.20. The molecule has 1 saturated heterocycles. The normalized spacial score (nSPS) is 16.8. The Labute approximate surface area is 112 Å². The van der Waals surface area contributed by atoms with Gasteiger partial charge in [0.2, 0.25) is 5.91 Å². The van der Waals surface area contributed by atoms with Crippen LogP contribution in [-0.2, 0) is 14.3 Å². The third-order valence-corrected chi connectivity index (χ3v) is 3.70. The van der Waals surface area contributed by atoms with E-state index < -0.39 is 17.3 Å². The maximum Gasteiger partial charge on any atom is 0.324 e. The first kappa shape index (κ1) is 13.0. The lowest BCUT2D eigenvalue weighted by Crippen LogP contribution is -2.59. The number of carbonyl (C=O) groups is 2. The van der Waals surface area contributed by atoms with Gasteiger partial charge in [0.1, 0.15) is 0 Å². The maximum atomic E-state index is 12.3. The second-order valence-corrected chi connectivity index (χ2v) is 5.05. The molecule has 1 fully saturated rings. The van der Waals surface area contributed by atoms with Crippen molar-refractivity contribution in [1.29, 1.82) is 0 Å². The van der Waals surface area contributed by atoms with E-state index in [9.17, 15) is 14.7 Å². The first-order valence-corrected chi connectivity index (χ1v) is 6.12. The van der Waals surface area contributed by atoms with Crippen LogP contribution in [0.5, 0.6) is 0 Å². The maximum absolute atomic E-state index is 12.3. The molecule has 1 heterocycles. The molecule has 0 saturated carbocycles. The third kappa shape index (κ3) is 1.91. The molecule has 5 nitrogen and oxygen atoms in total. The zero-order valence-corrected chi connectivity index (χ0v) is 11.3. The molecule has 0 spiro atoms. The van der Waals surface area contributed by atoms with Gasteiger partial charge < -0.3 is 14.7 Å². The molecule has 0 unspecified atom stereocenters. The van der Waals surface area contributed by atoms with Crippen LogP contribution in [0.3, 0.4) is 0 Å². The van der Waals surface area contributed by atoms with Gasteiger partial charge in [0.25, 0.3) is 0 Å². The fourth-order valence-corrected chi connectivity index (χ4v) is 2.35. The standard InChI is InChI=1S/C12H12BrNO4/c1-14(9-5-3-2-4-8(9)13)10(15)12(11(16)17)6-18-7-12/h2-5H,6-7H2,1H3,(H,16,17). The van der Waals surface area contributed by atoms with E-state index >= 15 is 0 Å². The number of carboxylic acids is 1. The molecule has 0 aliphatic carbocycles. The van der Waals surface area contributed by atoms with Crippen LogP contribution >= 0.6 is 15.9 Å². The molecular weight excluding hydrogens is 302 g/mol. The van der Waals surface area contributed by atoms with Gasteiger partial charge in [-0.2, -0.15) is 0 Å². The first-order chi connectivity index (χ1) is 8.49. The lowest BCUT2D eigenvalue weighted by molar-refractivity contribution is -0.183. The lowest BCUT2D eigenvalue weighted by atomic mass is 9.84. The number of rotatable bonds is 3. The molecule has 1 aromatic rings. The van der Waals surface area contributed by atoms with Gasteiger partial charge in [-0.1, -0.05) is 12.1 Å². The van der Waals surface area contributed by atoms with Crippen LogP contribution in [0.25, 0.3) is 0 Å². The second kappa shape index (κ2) is 4.70. The van der Waals surface area contributed by atoms with Crippen molar-refractivity contribution in [3.63, 3.8) is 0 Å². The van der Waals surface area contributed by atoms with Gasteiger partial charge in [0, 0.05) is 11.5 Å². The minimum absolute atomic E-state index is 0.0735. The molecule has 1 amide bonds. The Balaban J connectivity index is 2.29. The molecule has 18 heavy (non-hydrogen) atoms. The molecule has 2 rings (SSSR count). The topological polar surface area (TPSA) is 66.8 Å². The molecule has 6 heteroatoms. The van der Waals surface area contributed by atoms with E-state index in [4.69, 9.17) is 4.74 Å². The number of carbonyl (C=O) groups excluding carboxylic acids is 1. The van der Waals surface area contributed by atoms with Crippen molar-refractivity contribution >= 4 is 33.5 Å². The van der Waals surface area contributed by atoms with Gasteiger partial charge in [0.15, 0.2) is 5.41 Å². The first-order valence-electron chi connectivity index (χ1n) is 5.33. The number of anilines is 1. The number of nitrogens with zero attached hydrogens (tertiary/aromatic N) is 1. The molecule has 0 aromatic heterocycles. The number of para-hydroxylation sites is 1. The number of ether oxygens (including phenoxy) is 1. The zero-order chi connectivity index (χ0) is 13.3. The van der Waals surface area contributed by atoms with Crippen molar-refractivity contribution in [2.45, 2.75) is 0 Å². The van der Waals surface area contributed by atoms with Crippen LogP contribution in [0.2, 0.25) is 0 Å². The highest BCUT2D eigenvalue weighted by atomic mass is 79.9. The quantitative estimate of drug-likeness (QED) is 0.859. The molecule has 1 aliphatic heterocycles. The molecule has 1 N–H and O–H groups in total. The van der Waals surface area contributed by atoms with Gasteiger partial charge in [-0.3, -0.25) is 9.59 Å². The summed E-state index contributed by atoms with van der Waals surface area (Å²) < 4.78 is 5.63. The number of halogens is 1. The molecule has 0 bridgehead atoms. The van der Waals surface area contributed by atoms with Gasteiger partial charge in [-0.15, -0.1) is 0 Å². The highest BCUT2D eigenvalue weighted by Gasteiger charge is 2.54. The highest BCUT2D eigenvalue weighted by molar-refractivity contribution is 9.10. The van der Waals surface area contributed by atoms with Crippen LogP contribution in [0.4, 0.5) is 5.69 Å². The minimum atomic E-state index is -1.44. The largest absolute Gasteiger partial charge is 0.480 e. The van der Waals surface area contributed by atoms with Crippen molar-refractivity contribution in [3.8, 4) is 0 Å². The smallest absolute Gasteiger partial charge is 0.324 e. The molecule has 1 aromatic carbocycles. The van der Waals surface area contributed by atoms with E-state index in [0.717, 1.165) is 4.47 Å². The van der Waals surface area contributed by atoms with Crippen molar-refractivity contribution in [2.75, 3.05) is 25.2 Å². The number of hydrogen-bond donors (Lipinski definition) is 1. The Morgan fingerprint density at radius 1 is 1.39 bits per heavy atom. The van der Waals surface area contributed by atoms with Crippen molar-refractivity contribution < 1.29 is 19.4 Å². The number of aliphatic carboxylic acids is 1. The Hall–Kier alpha value is -1.40. The van der Waals surface area contributed by atoms with E-state index in [2.05, 4.69) is 15.9 Å². The number of carboxylic acid groups (broad SMARTS) is 1. The fourth-order valence-electron chi connectivity index (χ4n) is 1.80. The molecular formula is C12H12BrNO4. The van der Waals surface area contributed by atoms with E-state index in [1.54, 1.807) is 25.2 Å². The Kier molecular flexibility index (Phi) is 3.41. The molecule has 0 atom stereocenters. The summed E-state index contributed by atoms with van der Waals surface area (Å²) in [5.41, 5.74) is -0.806. The SMILES string of the molecule is CN(C(=O)C1(C(=O)O)COC1)c1ccccc1Br. The Morgan fingerprint density at radius 3 is 2.44 bits per heavy atom. The van der Waals surface area contributed by atoms with Crippen LogP contribution in [0, 0.1) is 5.41 Å². The van der Waals surface area contributed by atoms with E-state index in [1.807, 2.05) is 6.07 Å². The number of amides is 1. The summed E-state index contributed by atoms with van der Waals surface area (Å²) >= 11 is 3.34. The zero-order valence-electron chi connectivity index (χ0n) is 9.72. The highest BCUT2D eigenvalue weighted by Crippen LogP contribution is 2.33. The number of hydrogen-bond acceptors (Lipinski definition) is 3. The molecule has 96 valence electrons.